The van der Waals surface area contributed by atoms with E-state index in [1.165, 1.54) is 12.1 Å². The lowest BCUT2D eigenvalue weighted by molar-refractivity contribution is 0.307. The summed E-state index contributed by atoms with van der Waals surface area (Å²) in [5, 5.41) is 8.48. The van der Waals surface area contributed by atoms with E-state index in [1.54, 1.807) is 31.4 Å². The molecule has 28 heavy (non-hydrogen) atoms. The molecule has 0 fully saturated rings. The highest BCUT2D eigenvalue weighted by Crippen LogP contribution is 2.21. The Bertz CT molecular complexity index is 1030. The first-order chi connectivity index (χ1) is 13.5. The van der Waals surface area contributed by atoms with Crippen molar-refractivity contribution in [2.24, 2.45) is 0 Å². The van der Waals surface area contributed by atoms with Crippen molar-refractivity contribution in [1.82, 2.24) is 14.9 Å². The number of aromatic nitrogens is 2. The normalized spacial score (nSPS) is 11.2. The minimum Gasteiger partial charge on any atom is -0.497 e. The summed E-state index contributed by atoms with van der Waals surface area (Å²) in [5.74, 6) is 1.07. The molecule has 7 nitrogen and oxygen atoms in total. The summed E-state index contributed by atoms with van der Waals surface area (Å²) in [6, 6.07) is 16.9. The summed E-state index contributed by atoms with van der Waals surface area (Å²) in [4.78, 5) is 0.101. The fourth-order valence-electron chi connectivity index (χ4n) is 2.36. The monoisotopic (exact) mass is 419 g/mol. The molecule has 0 aliphatic heterocycles. The molecular weight excluding hydrogens is 402 g/mol. The number of sulfonamides is 1. The van der Waals surface area contributed by atoms with Gasteiger partial charge in [0, 0.05) is 23.2 Å². The second-order valence-corrected chi connectivity index (χ2v) is 7.89. The van der Waals surface area contributed by atoms with Crippen molar-refractivity contribution >= 4 is 21.6 Å². The lowest BCUT2D eigenvalue weighted by Gasteiger charge is -2.08. The number of hydrogen-bond donors (Lipinski definition) is 1. The lowest BCUT2D eigenvalue weighted by atomic mass is 10.1. The Morgan fingerprint density at radius 2 is 1.82 bits per heavy atom. The Morgan fingerprint density at radius 3 is 2.46 bits per heavy atom. The van der Waals surface area contributed by atoms with Crippen molar-refractivity contribution in [3.8, 4) is 22.9 Å². The van der Waals surface area contributed by atoms with Crippen LogP contribution in [-0.2, 0) is 10.0 Å². The Balaban J connectivity index is 1.52. The van der Waals surface area contributed by atoms with Crippen molar-refractivity contribution in [2.45, 2.75) is 4.90 Å². The van der Waals surface area contributed by atoms with Crippen LogP contribution >= 0.6 is 11.6 Å². The molecule has 0 saturated carbocycles. The van der Waals surface area contributed by atoms with Gasteiger partial charge in [0.15, 0.2) is 0 Å². The van der Waals surface area contributed by atoms with E-state index in [9.17, 15) is 8.42 Å². The Labute approximate surface area is 168 Å². The van der Waals surface area contributed by atoms with Crippen molar-refractivity contribution in [2.75, 3.05) is 20.3 Å². The van der Waals surface area contributed by atoms with Crippen LogP contribution in [0.15, 0.2) is 65.6 Å². The third-order valence-electron chi connectivity index (χ3n) is 3.78. The molecule has 3 aromatic rings. The predicted molar refractivity (Wildman–Crippen MR) is 106 cm³/mol. The number of nitrogens with one attached hydrogen (secondary N) is 1. The molecule has 0 aliphatic carbocycles. The summed E-state index contributed by atoms with van der Waals surface area (Å²) in [7, 11) is -2.04. The molecule has 0 bridgehead atoms. The molecule has 0 amide bonds. The smallest absolute Gasteiger partial charge is 0.240 e. The number of ether oxygens (including phenoxy) is 2. The maximum absolute atomic E-state index is 12.2. The van der Waals surface area contributed by atoms with Gasteiger partial charge in [0.05, 0.1) is 17.7 Å². The molecule has 1 N–H and O–H groups in total. The molecule has 9 heteroatoms. The molecule has 1 heterocycles. The van der Waals surface area contributed by atoms with E-state index in [0.29, 0.717) is 16.6 Å². The number of halogens is 1. The van der Waals surface area contributed by atoms with Crippen molar-refractivity contribution < 1.29 is 17.9 Å². The standard InChI is InChI=1S/C19H18ClN3O4S/c1-26-16-7-5-14(6-8-16)18-9-10-19(23-22-18)27-12-11-21-28(24,25)17-4-2-3-15(20)13-17/h2-10,13,21H,11-12H2,1H3. The van der Waals surface area contributed by atoms with E-state index in [0.717, 1.165) is 11.3 Å². The molecule has 0 radical (unpaired) electrons. The highest BCUT2D eigenvalue weighted by Gasteiger charge is 2.13. The summed E-state index contributed by atoms with van der Waals surface area (Å²) < 4.78 is 37.4. The SMILES string of the molecule is COc1ccc(-c2ccc(OCCNS(=O)(=O)c3cccc(Cl)c3)nn2)cc1. The van der Waals surface area contributed by atoms with Gasteiger partial charge in [-0.2, -0.15) is 0 Å². The van der Waals surface area contributed by atoms with Crippen LogP contribution in [0.4, 0.5) is 0 Å². The van der Waals surface area contributed by atoms with Gasteiger partial charge in [-0.25, -0.2) is 13.1 Å². The van der Waals surface area contributed by atoms with Gasteiger partial charge in [-0.1, -0.05) is 17.7 Å². The first-order valence-electron chi connectivity index (χ1n) is 8.34. The zero-order chi connectivity index (χ0) is 20.0. The van der Waals surface area contributed by atoms with Crippen LogP contribution in [0.1, 0.15) is 0 Å². The van der Waals surface area contributed by atoms with E-state index < -0.39 is 10.0 Å². The number of nitrogens with zero attached hydrogens (tertiary/aromatic N) is 2. The predicted octanol–water partition coefficient (Wildman–Crippen LogP) is 3.16. The van der Waals surface area contributed by atoms with E-state index >= 15 is 0 Å². The van der Waals surface area contributed by atoms with Gasteiger partial charge in [0.1, 0.15) is 12.4 Å². The van der Waals surface area contributed by atoms with Crippen LogP contribution in [0.5, 0.6) is 11.6 Å². The Morgan fingerprint density at radius 1 is 1.04 bits per heavy atom. The Hall–Kier alpha value is -2.68. The topological polar surface area (TPSA) is 90.4 Å². The molecule has 0 atom stereocenters. The van der Waals surface area contributed by atoms with Crippen molar-refractivity contribution in [3.63, 3.8) is 0 Å². The Kier molecular flexibility index (Phi) is 6.45. The fourth-order valence-corrected chi connectivity index (χ4v) is 3.68. The van der Waals surface area contributed by atoms with Gasteiger partial charge in [0.25, 0.3) is 0 Å². The second kappa shape index (κ2) is 9.01. The average Bonchev–Trinajstić information content (AvgIpc) is 2.72. The molecule has 146 valence electrons. The maximum Gasteiger partial charge on any atom is 0.240 e. The number of rotatable bonds is 8. The van der Waals surface area contributed by atoms with Gasteiger partial charge in [-0.15, -0.1) is 10.2 Å². The zero-order valence-corrected chi connectivity index (χ0v) is 16.6. The van der Waals surface area contributed by atoms with Crippen molar-refractivity contribution in [3.05, 3.63) is 65.7 Å². The lowest BCUT2D eigenvalue weighted by Crippen LogP contribution is -2.28. The summed E-state index contributed by atoms with van der Waals surface area (Å²) in [6.45, 7) is 0.188. The largest absolute Gasteiger partial charge is 0.497 e. The van der Waals surface area contributed by atoms with Crippen LogP contribution in [0, 0.1) is 0 Å². The molecule has 1 aromatic heterocycles. The number of benzene rings is 2. The van der Waals surface area contributed by atoms with Gasteiger partial charge >= 0.3 is 0 Å². The van der Waals surface area contributed by atoms with E-state index in [2.05, 4.69) is 14.9 Å². The van der Waals surface area contributed by atoms with Crippen LogP contribution < -0.4 is 14.2 Å². The quantitative estimate of drug-likeness (QED) is 0.564. The van der Waals surface area contributed by atoms with E-state index in [1.807, 2.05) is 24.3 Å². The van der Waals surface area contributed by atoms with Gasteiger partial charge in [-0.05, 0) is 48.5 Å². The van der Waals surface area contributed by atoms with Crippen LogP contribution in [0.25, 0.3) is 11.3 Å². The van der Waals surface area contributed by atoms with Gasteiger partial charge in [0.2, 0.25) is 15.9 Å². The number of methoxy groups -OCH3 is 1. The first kappa shape index (κ1) is 20.1. The molecule has 2 aromatic carbocycles. The fraction of sp³-hybridized carbons (Fsp3) is 0.158. The highest BCUT2D eigenvalue weighted by molar-refractivity contribution is 7.89. The zero-order valence-electron chi connectivity index (χ0n) is 15.0. The summed E-state index contributed by atoms with van der Waals surface area (Å²) in [5.41, 5.74) is 1.59. The average molecular weight is 420 g/mol. The van der Waals surface area contributed by atoms with Gasteiger partial charge < -0.3 is 9.47 Å². The minimum atomic E-state index is -3.65. The molecular formula is C19H18ClN3O4S. The maximum atomic E-state index is 12.2. The first-order valence-corrected chi connectivity index (χ1v) is 10.2. The molecule has 3 rings (SSSR count). The second-order valence-electron chi connectivity index (χ2n) is 5.69. The molecule has 0 unspecified atom stereocenters. The van der Waals surface area contributed by atoms with Gasteiger partial charge in [-0.3, -0.25) is 0 Å². The van der Waals surface area contributed by atoms with Crippen LogP contribution in [0.3, 0.4) is 0 Å². The van der Waals surface area contributed by atoms with Crippen LogP contribution in [0.2, 0.25) is 5.02 Å². The summed E-state index contributed by atoms with van der Waals surface area (Å²) >= 11 is 5.83. The van der Waals surface area contributed by atoms with E-state index in [-0.39, 0.29) is 18.0 Å². The third kappa shape index (κ3) is 5.19. The minimum absolute atomic E-state index is 0.0801. The molecule has 0 aliphatic rings. The number of hydrogen-bond acceptors (Lipinski definition) is 6. The van der Waals surface area contributed by atoms with Crippen LogP contribution in [-0.4, -0.2) is 38.9 Å². The summed E-state index contributed by atoms with van der Waals surface area (Å²) in [6.07, 6.45) is 0. The van der Waals surface area contributed by atoms with E-state index in [4.69, 9.17) is 21.1 Å². The molecule has 0 saturated heterocycles. The molecule has 0 spiro atoms. The highest BCUT2D eigenvalue weighted by atomic mass is 35.5. The third-order valence-corrected chi connectivity index (χ3v) is 5.47. The van der Waals surface area contributed by atoms with Crippen molar-refractivity contribution in [1.29, 1.82) is 0 Å².